The number of nitrogens with zero attached hydrogens (tertiary/aromatic N) is 2. The molecule has 0 bridgehead atoms. The molecule has 4 aromatic rings. The standard InChI is InChI=1S/C19H17N2O/c1-12-8-18-16(15-9-13(2)20-11-19(15)22-18)10-14(12)17-6-4-5-7-21(17)3/h4-11H,1-3H3/q+1. The van der Waals surface area contributed by atoms with E-state index in [1.807, 2.05) is 19.2 Å². The summed E-state index contributed by atoms with van der Waals surface area (Å²) in [5.41, 5.74) is 6.40. The molecule has 0 fully saturated rings. The van der Waals surface area contributed by atoms with Gasteiger partial charge in [0.1, 0.15) is 12.6 Å². The molecule has 0 saturated carbocycles. The first-order valence-corrected chi connectivity index (χ1v) is 7.38. The molecular weight excluding hydrogens is 272 g/mol. The average Bonchev–Trinajstić information content (AvgIpc) is 2.84. The van der Waals surface area contributed by atoms with Crippen molar-refractivity contribution in [3.05, 3.63) is 60.0 Å². The summed E-state index contributed by atoms with van der Waals surface area (Å²) in [6, 6.07) is 12.7. The van der Waals surface area contributed by atoms with Crippen molar-refractivity contribution < 1.29 is 8.98 Å². The topological polar surface area (TPSA) is 29.9 Å². The molecule has 3 heterocycles. The predicted octanol–water partition coefficient (Wildman–Crippen LogP) is 4.09. The zero-order valence-electron chi connectivity index (χ0n) is 12.9. The Kier molecular flexibility index (Phi) is 2.76. The highest BCUT2D eigenvalue weighted by molar-refractivity contribution is 6.06. The highest BCUT2D eigenvalue weighted by Crippen LogP contribution is 2.33. The van der Waals surface area contributed by atoms with Gasteiger partial charge in [-0.1, -0.05) is 0 Å². The van der Waals surface area contributed by atoms with E-state index >= 15 is 0 Å². The number of hydrogen-bond acceptors (Lipinski definition) is 2. The number of rotatable bonds is 1. The van der Waals surface area contributed by atoms with E-state index in [0.717, 1.165) is 27.6 Å². The van der Waals surface area contributed by atoms with Gasteiger partial charge in [-0.25, -0.2) is 4.57 Å². The van der Waals surface area contributed by atoms with Crippen LogP contribution < -0.4 is 4.57 Å². The quantitative estimate of drug-likeness (QED) is 0.494. The normalized spacial score (nSPS) is 11.4. The van der Waals surface area contributed by atoms with E-state index < -0.39 is 0 Å². The largest absolute Gasteiger partial charge is 0.454 e. The van der Waals surface area contributed by atoms with Crippen LogP contribution in [0.5, 0.6) is 0 Å². The first-order valence-electron chi connectivity index (χ1n) is 7.38. The van der Waals surface area contributed by atoms with Crippen molar-refractivity contribution in [2.24, 2.45) is 7.05 Å². The summed E-state index contributed by atoms with van der Waals surface area (Å²) in [5, 5.41) is 2.27. The Balaban J connectivity index is 2.08. The number of fused-ring (bicyclic) bond motifs is 3. The lowest BCUT2D eigenvalue weighted by atomic mass is 10.0. The number of aryl methyl sites for hydroxylation is 3. The van der Waals surface area contributed by atoms with Crippen LogP contribution in [0.4, 0.5) is 0 Å². The molecule has 0 atom stereocenters. The van der Waals surface area contributed by atoms with E-state index in [-0.39, 0.29) is 0 Å². The summed E-state index contributed by atoms with van der Waals surface area (Å²) in [4.78, 5) is 4.32. The van der Waals surface area contributed by atoms with Crippen molar-refractivity contribution in [1.29, 1.82) is 0 Å². The lowest BCUT2D eigenvalue weighted by molar-refractivity contribution is -0.660. The first kappa shape index (κ1) is 13.0. The highest BCUT2D eigenvalue weighted by atomic mass is 16.3. The Bertz CT molecular complexity index is 1010. The molecule has 0 N–H and O–H groups in total. The lowest BCUT2D eigenvalue weighted by Gasteiger charge is -2.04. The highest BCUT2D eigenvalue weighted by Gasteiger charge is 2.16. The van der Waals surface area contributed by atoms with Gasteiger partial charge in [0.05, 0.1) is 6.20 Å². The second kappa shape index (κ2) is 4.67. The van der Waals surface area contributed by atoms with Crippen molar-refractivity contribution in [2.45, 2.75) is 13.8 Å². The monoisotopic (exact) mass is 289 g/mol. The molecule has 0 amide bonds. The van der Waals surface area contributed by atoms with E-state index in [4.69, 9.17) is 4.42 Å². The van der Waals surface area contributed by atoms with Gasteiger partial charge in [0.15, 0.2) is 11.8 Å². The van der Waals surface area contributed by atoms with Crippen molar-refractivity contribution in [3.63, 3.8) is 0 Å². The SMILES string of the molecule is Cc1cc2c(cn1)oc1cc(C)c(-c3cccc[n+]3C)cc12. The van der Waals surface area contributed by atoms with E-state index in [1.54, 1.807) is 0 Å². The van der Waals surface area contributed by atoms with Crippen LogP contribution in [0.2, 0.25) is 0 Å². The smallest absolute Gasteiger partial charge is 0.212 e. The Hall–Kier alpha value is -2.68. The minimum atomic E-state index is 0.842. The Morgan fingerprint density at radius 2 is 1.82 bits per heavy atom. The first-order chi connectivity index (χ1) is 10.6. The van der Waals surface area contributed by atoms with Gasteiger partial charge < -0.3 is 4.42 Å². The molecule has 0 aliphatic heterocycles. The summed E-state index contributed by atoms with van der Waals surface area (Å²) in [6.07, 6.45) is 3.88. The number of hydrogen-bond donors (Lipinski definition) is 0. The van der Waals surface area contributed by atoms with E-state index in [2.05, 4.69) is 60.1 Å². The molecule has 0 aliphatic rings. The maximum absolute atomic E-state index is 5.94. The number of pyridine rings is 2. The summed E-state index contributed by atoms with van der Waals surface area (Å²) < 4.78 is 8.08. The molecular formula is C19H17N2O+. The molecule has 0 saturated heterocycles. The van der Waals surface area contributed by atoms with Crippen LogP contribution in [0.3, 0.4) is 0 Å². The van der Waals surface area contributed by atoms with Gasteiger partial charge >= 0.3 is 0 Å². The summed E-state index contributed by atoms with van der Waals surface area (Å²) in [6.45, 7) is 4.13. The molecule has 3 aromatic heterocycles. The predicted molar refractivity (Wildman–Crippen MR) is 87.6 cm³/mol. The van der Waals surface area contributed by atoms with Crippen molar-refractivity contribution in [2.75, 3.05) is 0 Å². The third-order valence-electron chi connectivity index (χ3n) is 4.17. The van der Waals surface area contributed by atoms with Gasteiger partial charge in [-0.3, -0.25) is 4.98 Å². The van der Waals surface area contributed by atoms with E-state index in [0.29, 0.717) is 0 Å². The van der Waals surface area contributed by atoms with Gasteiger partial charge in [0.25, 0.3) is 0 Å². The molecule has 0 aliphatic carbocycles. The van der Waals surface area contributed by atoms with E-state index in [1.165, 1.54) is 16.8 Å². The minimum Gasteiger partial charge on any atom is -0.454 e. The molecule has 1 aromatic carbocycles. The maximum atomic E-state index is 5.94. The molecule has 0 radical (unpaired) electrons. The Morgan fingerprint density at radius 3 is 2.64 bits per heavy atom. The second-order valence-electron chi connectivity index (χ2n) is 5.78. The zero-order valence-corrected chi connectivity index (χ0v) is 12.9. The van der Waals surface area contributed by atoms with Gasteiger partial charge in [-0.2, -0.15) is 0 Å². The summed E-state index contributed by atoms with van der Waals surface area (Å²) in [5.74, 6) is 0. The fourth-order valence-corrected chi connectivity index (χ4v) is 3.01. The minimum absolute atomic E-state index is 0.842. The van der Waals surface area contributed by atoms with Crippen molar-refractivity contribution in [1.82, 2.24) is 4.98 Å². The van der Waals surface area contributed by atoms with Crippen LogP contribution in [0, 0.1) is 13.8 Å². The summed E-state index contributed by atoms with van der Waals surface area (Å²) in [7, 11) is 2.07. The maximum Gasteiger partial charge on any atom is 0.212 e. The third-order valence-corrected chi connectivity index (χ3v) is 4.17. The molecule has 108 valence electrons. The molecule has 3 heteroatoms. The zero-order chi connectivity index (χ0) is 15.3. The van der Waals surface area contributed by atoms with Gasteiger partial charge in [-0.05, 0) is 43.7 Å². The molecule has 22 heavy (non-hydrogen) atoms. The molecule has 3 nitrogen and oxygen atoms in total. The van der Waals surface area contributed by atoms with Gasteiger partial charge in [-0.15, -0.1) is 0 Å². The van der Waals surface area contributed by atoms with Crippen molar-refractivity contribution in [3.8, 4) is 11.3 Å². The van der Waals surface area contributed by atoms with Gasteiger partial charge in [0, 0.05) is 34.2 Å². The van der Waals surface area contributed by atoms with Crippen LogP contribution >= 0.6 is 0 Å². The molecule has 0 spiro atoms. The fraction of sp³-hybridized carbons (Fsp3) is 0.158. The van der Waals surface area contributed by atoms with Crippen LogP contribution in [0.1, 0.15) is 11.3 Å². The third kappa shape index (κ3) is 1.90. The number of furan rings is 1. The number of aromatic nitrogens is 2. The van der Waals surface area contributed by atoms with Crippen molar-refractivity contribution >= 4 is 21.9 Å². The van der Waals surface area contributed by atoms with Crippen LogP contribution in [-0.2, 0) is 7.05 Å². The van der Waals surface area contributed by atoms with E-state index in [9.17, 15) is 0 Å². The van der Waals surface area contributed by atoms with Crippen LogP contribution in [0.15, 0.2) is 53.2 Å². The fourth-order valence-electron chi connectivity index (χ4n) is 3.01. The Labute approximate surface area is 128 Å². The number of benzene rings is 1. The van der Waals surface area contributed by atoms with Crippen LogP contribution in [-0.4, -0.2) is 4.98 Å². The van der Waals surface area contributed by atoms with Crippen LogP contribution in [0.25, 0.3) is 33.2 Å². The average molecular weight is 289 g/mol. The Morgan fingerprint density at radius 1 is 1.00 bits per heavy atom. The summed E-state index contributed by atoms with van der Waals surface area (Å²) >= 11 is 0. The molecule has 0 unspecified atom stereocenters. The molecule has 4 rings (SSSR count). The second-order valence-corrected chi connectivity index (χ2v) is 5.78. The lowest BCUT2D eigenvalue weighted by Crippen LogP contribution is -2.30. The van der Waals surface area contributed by atoms with Gasteiger partial charge in [0.2, 0.25) is 5.69 Å².